The molecular formula is C14H17N3O2S. The highest BCUT2D eigenvalue weighted by Gasteiger charge is 2.41. The van der Waals surface area contributed by atoms with Crippen molar-refractivity contribution in [3.63, 3.8) is 0 Å². The number of aromatic nitrogens is 2. The van der Waals surface area contributed by atoms with E-state index in [0.29, 0.717) is 18.4 Å². The van der Waals surface area contributed by atoms with E-state index in [2.05, 4.69) is 9.88 Å². The van der Waals surface area contributed by atoms with Crippen molar-refractivity contribution in [2.24, 2.45) is 11.8 Å². The minimum atomic E-state index is -0.136. The summed E-state index contributed by atoms with van der Waals surface area (Å²) in [5.74, 6) is 1.04. The molecule has 1 aliphatic carbocycles. The normalized spacial score (nSPS) is 30.1. The van der Waals surface area contributed by atoms with Crippen LogP contribution in [0, 0.1) is 11.8 Å². The number of likely N-dealkylation sites (tertiary alicyclic amines) is 1. The summed E-state index contributed by atoms with van der Waals surface area (Å²) in [6.45, 7) is 2.66. The van der Waals surface area contributed by atoms with Crippen LogP contribution in [-0.2, 0) is 6.54 Å². The lowest BCUT2D eigenvalue weighted by molar-refractivity contribution is 0.123. The summed E-state index contributed by atoms with van der Waals surface area (Å²) < 4.78 is 1.58. The smallest absolute Gasteiger partial charge is 0.258 e. The number of aliphatic hydroxyl groups excluding tert-OH is 1. The van der Waals surface area contributed by atoms with Crippen LogP contribution in [0.25, 0.3) is 4.96 Å². The van der Waals surface area contributed by atoms with E-state index < -0.39 is 0 Å². The largest absolute Gasteiger partial charge is 0.393 e. The Labute approximate surface area is 120 Å². The molecular weight excluding hydrogens is 274 g/mol. The number of nitrogens with zero attached hydrogens (tertiary/aromatic N) is 3. The SMILES string of the molecule is O=c1cc(CN2CC3CCC(O)C3C2)nc2sccn12. The monoisotopic (exact) mass is 291 g/mol. The second-order valence-corrected chi connectivity index (χ2v) is 6.78. The molecule has 3 heterocycles. The first kappa shape index (κ1) is 12.5. The molecule has 6 heteroatoms. The molecule has 0 spiro atoms. The van der Waals surface area contributed by atoms with E-state index in [-0.39, 0.29) is 11.7 Å². The molecule has 5 nitrogen and oxygen atoms in total. The molecule has 0 bridgehead atoms. The predicted molar refractivity (Wildman–Crippen MR) is 76.8 cm³/mol. The summed E-state index contributed by atoms with van der Waals surface area (Å²) >= 11 is 1.48. The summed E-state index contributed by atoms with van der Waals surface area (Å²) in [6, 6.07) is 1.63. The highest BCUT2D eigenvalue weighted by atomic mass is 32.1. The zero-order valence-corrected chi connectivity index (χ0v) is 11.9. The molecule has 20 heavy (non-hydrogen) atoms. The van der Waals surface area contributed by atoms with Crippen molar-refractivity contribution in [2.45, 2.75) is 25.5 Å². The Hall–Kier alpha value is -1.24. The first-order valence-corrected chi connectivity index (χ1v) is 7.95. The summed E-state index contributed by atoms with van der Waals surface area (Å²) in [4.78, 5) is 19.6. The molecule has 1 aliphatic heterocycles. The van der Waals surface area contributed by atoms with E-state index >= 15 is 0 Å². The molecule has 0 aromatic carbocycles. The van der Waals surface area contributed by atoms with Crippen molar-refractivity contribution in [1.29, 1.82) is 0 Å². The lowest BCUT2D eigenvalue weighted by Crippen LogP contribution is -2.26. The lowest BCUT2D eigenvalue weighted by atomic mass is 10.00. The van der Waals surface area contributed by atoms with Crippen LogP contribution in [0.15, 0.2) is 22.4 Å². The standard InChI is InChI=1S/C14H17N3O2S/c18-12-2-1-9-6-16(8-11(9)12)7-10-5-13(19)17-3-4-20-14(17)15-10/h3-5,9,11-12,18H,1-2,6-8H2. The van der Waals surface area contributed by atoms with Gasteiger partial charge >= 0.3 is 0 Å². The van der Waals surface area contributed by atoms with E-state index in [9.17, 15) is 9.90 Å². The fourth-order valence-corrected chi connectivity index (χ4v) is 4.39. The maximum absolute atomic E-state index is 12.0. The maximum Gasteiger partial charge on any atom is 0.258 e. The van der Waals surface area contributed by atoms with Gasteiger partial charge < -0.3 is 5.11 Å². The molecule has 3 unspecified atom stereocenters. The van der Waals surface area contributed by atoms with Gasteiger partial charge in [0.2, 0.25) is 0 Å². The molecule has 3 atom stereocenters. The van der Waals surface area contributed by atoms with Gasteiger partial charge in [0, 0.05) is 43.2 Å². The Morgan fingerprint density at radius 3 is 3.15 bits per heavy atom. The maximum atomic E-state index is 12.0. The van der Waals surface area contributed by atoms with Gasteiger partial charge in [0.25, 0.3) is 5.56 Å². The van der Waals surface area contributed by atoms with Gasteiger partial charge in [-0.15, -0.1) is 11.3 Å². The predicted octanol–water partition coefficient (Wildman–Crippen LogP) is 0.959. The lowest BCUT2D eigenvalue weighted by Gasteiger charge is -2.17. The van der Waals surface area contributed by atoms with E-state index in [1.807, 2.05) is 5.38 Å². The van der Waals surface area contributed by atoms with Gasteiger partial charge in [-0.2, -0.15) is 0 Å². The van der Waals surface area contributed by atoms with Crippen LogP contribution in [0.5, 0.6) is 0 Å². The molecule has 1 saturated carbocycles. The van der Waals surface area contributed by atoms with Crippen molar-refractivity contribution in [3.8, 4) is 0 Å². The van der Waals surface area contributed by atoms with Crippen molar-refractivity contribution in [1.82, 2.24) is 14.3 Å². The van der Waals surface area contributed by atoms with E-state index in [4.69, 9.17) is 0 Å². The Morgan fingerprint density at radius 1 is 1.40 bits per heavy atom. The molecule has 2 fully saturated rings. The summed E-state index contributed by atoms with van der Waals surface area (Å²) in [6.07, 6.45) is 3.70. The molecule has 106 valence electrons. The van der Waals surface area contributed by atoms with Crippen LogP contribution in [0.2, 0.25) is 0 Å². The number of rotatable bonds is 2. The fourth-order valence-electron chi connectivity index (χ4n) is 3.66. The Morgan fingerprint density at radius 2 is 2.30 bits per heavy atom. The number of aliphatic hydroxyl groups is 1. The van der Waals surface area contributed by atoms with E-state index in [0.717, 1.165) is 36.6 Å². The highest BCUT2D eigenvalue weighted by Crippen LogP contribution is 2.38. The van der Waals surface area contributed by atoms with Crippen LogP contribution >= 0.6 is 11.3 Å². The molecule has 1 saturated heterocycles. The minimum Gasteiger partial charge on any atom is -0.393 e. The van der Waals surface area contributed by atoms with Crippen LogP contribution < -0.4 is 5.56 Å². The average molecular weight is 291 g/mol. The van der Waals surface area contributed by atoms with Crippen molar-refractivity contribution < 1.29 is 5.11 Å². The van der Waals surface area contributed by atoms with E-state index in [1.54, 1.807) is 16.7 Å². The molecule has 1 N–H and O–H groups in total. The number of hydrogen-bond acceptors (Lipinski definition) is 5. The second kappa shape index (κ2) is 4.65. The third kappa shape index (κ3) is 1.99. The molecule has 4 rings (SSSR count). The number of thiazole rings is 1. The number of fused-ring (bicyclic) bond motifs is 2. The quantitative estimate of drug-likeness (QED) is 0.895. The molecule has 2 aromatic heterocycles. The Balaban J connectivity index is 1.55. The van der Waals surface area contributed by atoms with Gasteiger partial charge in [-0.3, -0.25) is 14.1 Å². The third-order valence-electron chi connectivity index (χ3n) is 4.64. The topological polar surface area (TPSA) is 57.8 Å². The fraction of sp³-hybridized carbons (Fsp3) is 0.571. The molecule has 0 amide bonds. The van der Waals surface area contributed by atoms with Crippen LogP contribution in [-0.4, -0.2) is 38.6 Å². The van der Waals surface area contributed by atoms with Crippen molar-refractivity contribution in [3.05, 3.63) is 33.7 Å². The van der Waals surface area contributed by atoms with Crippen molar-refractivity contribution in [2.75, 3.05) is 13.1 Å². The summed E-state index contributed by atoms with van der Waals surface area (Å²) in [5.41, 5.74) is 0.831. The summed E-state index contributed by atoms with van der Waals surface area (Å²) in [5, 5.41) is 11.8. The highest BCUT2D eigenvalue weighted by molar-refractivity contribution is 7.15. The molecule has 2 aromatic rings. The zero-order chi connectivity index (χ0) is 13.7. The summed E-state index contributed by atoms with van der Waals surface area (Å²) in [7, 11) is 0. The molecule has 2 aliphatic rings. The van der Waals surface area contributed by atoms with Gasteiger partial charge in [0.1, 0.15) is 0 Å². The van der Waals surface area contributed by atoms with Gasteiger partial charge in [-0.1, -0.05) is 0 Å². The van der Waals surface area contributed by atoms with Crippen LogP contribution in [0.1, 0.15) is 18.5 Å². The van der Waals surface area contributed by atoms with Gasteiger partial charge in [-0.25, -0.2) is 4.98 Å². The first-order chi connectivity index (χ1) is 9.70. The first-order valence-electron chi connectivity index (χ1n) is 7.07. The zero-order valence-electron chi connectivity index (χ0n) is 11.1. The average Bonchev–Trinajstić information content (AvgIpc) is 3.08. The van der Waals surface area contributed by atoms with Crippen LogP contribution in [0.4, 0.5) is 0 Å². The third-order valence-corrected chi connectivity index (χ3v) is 5.39. The van der Waals surface area contributed by atoms with Crippen molar-refractivity contribution >= 4 is 16.3 Å². The molecule has 0 radical (unpaired) electrons. The second-order valence-electron chi connectivity index (χ2n) is 5.90. The van der Waals surface area contributed by atoms with E-state index in [1.165, 1.54) is 11.3 Å². The Bertz CT molecular complexity index is 695. The number of hydrogen-bond donors (Lipinski definition) is 1. The van der Waals surface area contributed by atoms with Crippen LogP contribution in [0.3, 0.4) is 0 Å². The van der Waals surface area contributed by atoms with Gasteiger partial charge in [-0.05, 0) is 18.8 Å². The minimum absolute atomic E-state index is 0.00863. The van der Waals surface area contributed by atoms with Gasteiger partial charge in [0.15, 0.2) is 4.96 Å². The Kier molecular flexibility index (Phi) is 2.90. The van der Waals surface area contributed by atoms with Gasteiger partial charge in [0.05, 0.1) is 11.8 Å².